The van der Waals surface area contributed by atoms with E-state index in [0.717, 1.165) is 42.9 Å². The number of rotatable bonds is 13. The van der Waals surface area contributed by atoms with Crippen LogP contribution in [-0.2, 0) is 22.6 Å². The van der Waals surface area contributed by atoms with Gasteiger partial charge in [0.1, 0.15) is 24.4 Å². The first-order valence-corrected chi connectivity index (χ1v) is 16.7. The molecule has 2 aliphatic heterocycles. The molecule has 2 aromatic carbocycles. The summed E-state index contributed by atoms with van der Waals surface area (Å²) in [5.41, 5.74) is 3.60. The molecule has 2 fully saturated rings. The first-order valence-electron chi connectivity index (χ1n) is 15.9. The molecule has 0 aromatic heterocycles. The predicted octanol–water partition coefficient (Wildman–Crippen LogP) is 1.80. The van der Waals surface area contributed by atoms with Gasteiger partial charge in [0.25, 0.3) is 0 Å². The number of hydrogen-bond donors (Lipinski definition) is 5. The van der Waals surface area contributed by atoms with Gasteiger partial charge in [-0.2, -0.15) is 0 Å². The highest BCUT2D eigenvalue weighted by atomic mass is 35.5. The average Bonchev–Trinajstić information content (AvgIpc) is 3.80. The number of halogens is 2. The predicted molar refractivity (Wildman–Crippen MR) is 176 cm³/mol. The second-order valence-electron chi connectivity index (χ2n) is 12.6. The van der Waals surface area contributed by atoms with Gasteiger partial charge in [-0.3, -0.25) is 14.5 Å². The summed E-state index contributed by atoms with van der Waals surface area (Å²) >= 11 is 13.4. The number of carbonyl (C=O) groups is 2. The van der Waals surface area contributed by atoms with Gasteiger partial charge in [0, 0.05) is 55.7 Å². The van der Waals surface area contributed by atoms with Crippen molar-refractivity contribution in [2.45, 2.75) is 81.6 Å². The standard InChI is InChI=1S/C33H44Cl2N4O7/c1-36(18-28(41)31(44)32(45)29(42)19-40)30(43)11-8-20-15-24(35)21(16-23(20)34)17-37-12-4-7-27(37)33(46)39-14-13-38(22-9-10-22)25-5-2-3-6-26(25)39/h2-3,5-6,15-16,22,27-29,31-32,40-42,44-45H,4,7-14,17-19H2,1H3. The van der Waals surface area contributed by atoms with E-state index in [9.17, 15) is 30.0 Å². The summed E-state index contributed by atoms with van der Waals surface area (Å²) in [6, 6.07) is 12.0. The molecular formula is C33H44Cl2N4O7. The third-order valence-corrected chi connectivity index (χ3v) is 10.1. The SMILES string of the molecule is CN(CC(O)C(O)C(O)C(O)CO)C(=O)CCc1cc(Cl)c(CN2CCCC2C(=O)N2CCN(C3CC3)c3ccccc32)cc1Cl. The van der Waals surface area contributed by atoms with Crippen molar-refractivity contribution in [3.63, 3.8) is 0 Å². The fourth-order valence-corrected chi connectivity index (χ4v) is 7.03. The third kappa shape index (κ3) is 7.79. The van der Waals surface area contributed by atoms with Crippen LogP contribution in [0.2, 0.25) is 10.0 Å². The average molecular weight is 680 g/mol. The minimum atomic E-state index is -1.77. The van der Waals surface area contributed by atoms with E-state index in [0.29, 0.717) is 34.7 Å². The Morgan fingerprint density at radius 3 is 2.26 bits per heavy atom. The van der Waals surface area contributed by atoms with Gasteiger partial charge in [-0.25, -0.2) is 0 Å². The summed E-state index contributed by atoms with van der Waals surface area (Å²) in [5.74, 6) is -0.226. The molecule has 0 spiro atoms. The Morgan fingerprint density at radius 2 is 1.57 bits per heavy atom. The zero-order chi connectivity index (χ0) is 33.1. The fourth-order valence-electron chi connectivity index (χ4n) is 6.50. The van der Waals surface area contributed by atoms with E-state index in [4.69, 9.17) is 28.3 Å². The monoisotopic (exact) mass is 678 g/mol. The second-order valence-corrected chi connectivity index (χ2v) is 13.5. The number of aliphatic hydroxyl groups excluding tert-OH is 5. The van der Waals surface area contributed by atoms with Crippen LogP contribution < -0.4 is 9.80 Å². The summed E-state index contributed by atoms with van der Waals surface area (Å²) in [7, 11) is 1.45. The Labute approximate surface area is 279 Å². The summed E-state index contributed by atoms with van der Waals surface area (Å²) in [5, 5.41) is 49.5. The molecule has 1 saturated heterocycles. The summed E-state index contributed by atoms with van der Waals surface area (Å²) in [6.45, 7) is 1.67. The molecule has 0 radical (unpaired) electrons. The summed E-state index contributed by atoms with van der Waals surface area (Å²) < 4.78 is 0. The number of fused-ring (bicyclic) bond motifs is 1. The van der Waals surface area contributed by atoms with E-state index in [1.807, 2.05) is 23.1 Å². The van der Waals surface area contributed by atoms with Crippen LogP contribution in [0.15, 0.2) is 36.4 Å². The number of benzene rings is 2. The fraction of sp³-hybridized carbons (Fsp3) is 0.576. The normalized spacial score (nSPS) is 21.1. The number of aliphatic hydroxyl groups is 5. The molecule has 252 valence electrons. The molecule has 5 atom stereocenters. The van der Waals surface area contributed by atoms with Crippen molar-refractivity contribution in [3.8, 4) is 0 Å². The number of likely N-dealkylation sites (N-methyl/N-ethyl adjacent to an activating group) is 1. The zero-order valence-electron chi connectivity index (χ0n) is 26.0. The van der Waals surface area contributed by atoms with Crippen molar-refractivity contribution in [3.05, 3.63) is 57.6 Å². The molecule has 2 amide bonds. The van der Waals surface area contributed by atoms with E-state index in [1.165, 1.54) is 24.8 Å². The van der Waals surface area contributed by atoms with Crippen LogP contribution in [0.4, 0.5) is 11.4 Å². The molecule has 13 heteroatoms. The minimum absolute atomic E-state index is 0.0503. The number of aryl methyl sites for hydroxylation is 1. The zero-order valence-corrected chi connectivity index (χ0v) is 27.5. The molecule has 5 rings (SSSR count). The minimum Gasteiger partial charge on any atom is -0.394 e. The van der Waals surface area contributed by atoms with Crippen LogP contribution in [0, 0.1) is 0 Å². The topological polar surface area (TPSA) is 148 Å². The van der Waals surface area contributed by atoms with E-state index in [2.05, 4.69) is 15.9 Å². The van der Waals surface area contributed by atoms with Gasteiger partial charge < -0.3 is 40.2 Å². The Bertz CT molecular complexity index is 1400. The van der Waals surface area contributed by atoms with Crippen LogP contribution in [0.1, 0.15) is 43.2 Å². The number of hydrogen-bond acceptors (Lipinski definition) is 9. The molecule has 5 unspecified atom stereocenters. The Morgan fingerprint density at radius 1 is 0.913 bits per heavy atom. The Balaban J connectivity index is 1.18. The van der Waals surface area contributed by atoms with Gasteiger partial charge in [-0.05, 0) is 74.0 Å². The molecule has 46 heavy (non-hydrogen) atoms. The van der Waals surface area contributed by atoms with Crippen LogP contribution in [0.3, 0.4) is 0 Å². The van der Waals surface area contributed by atoms with E-state index in [1.54, 1.807) is 12.1 Å². The van der Waals surface area contributed by atoms with Crippen LogP contribution in [0.25, 0.3) is 0 Å². The highest BCUT2D eigenvalue weighted by molar-refractivity contribution is 6.34. The molecule has 2 aromatic rings. The van der Waals surface area contributed by atoms with Crippen LogP contribution in [-0.4, -0.2) is 123 Å². The number of carbonyl (C=O) groups excluding carboxylic acids is 2. The lowest BCUT2D eigenvalue weighted by atomic mass is 10.0. The van der Waals surface area contributed by atoms with Crippen molar-refractivity contribution in [2.75, 3.05) is 49.6 Å². The first-order chi connectivity index (χ1) is 22.0. The summed E-state index contributed by atoms with van der Waals surface area (Å²) in [6.07, 6.45) is -2.26. The molecule has 0 bridgehead atoms. The maximum atomic E-state index is 14.0. The molecule has 2 heterocycles. The number of amides is 2. The number of nitrogens with zero attached hydrogens (tertiary/aromatic N) is 4. The molecule has 5 N–H and O–H groups in total. The quantitative estimate of drug-likeness (QED) is 0.214. The maximum Gasteiger partial charge on any atom is 0.244 e. The van der Waals surface area contributed by atoms with Crippen molar-refractivity contribution in [2.24, 2.45) is 0 Å². The number of likely N-dealkylation sites (tertiary alicyclic amines) is 1. The first kappa shape index (κ1) is 34.8. The van der Waals surface area contributed by atoms with Crippen LogP contribution in [0.5, 0.6) is 0 Å². The van der Waals surface area contributed by atoms with Gasteiger partial charge in [-0.15, -0.1) is 0 Å². The van der Waals surface area contributed by atoms with Gasteiger partial charge in [0.15, 0.2) is 0 Å². The van der Waals surface area contributed by atoms with E-state index < -0.39 is 31.0 Å². The van der Waals surface area contributed by atoms with Crippen molar-refractivity contribution in [1.82, 2.24) is 9.80 Å². The van der Waals surface area contributed by atoms with Gasteiger partial charge >= 0.3 is 0 Å². The molecule has 1 aliphatic carbocycles. The van der Waals surface area contributed by atoms with Gasteiger partial charge in [0.2, 0.25) is 11.8 Å². The molecular weight excluding hydrogens is 635 g/mol. The lowest BCUT2D eigenvalue weighted by molar-refractivity contribution is -0.137. The summed E-state index contributed by atoms with van der Waals surface area (Å²) in [4.78, 5) is 34.5. The number of para-hydroxylation sites is 2. The van der Waals surface area contributed by atoms with Crippen molar-refractivity contribution in [1.29, 1.82) is 0 Å². The highest BCUT2D eigenvalue weighted by Crippen LogP contribution is 2.41. The lowest BCUT2D eigenvalue weighted by Gasteiger charge is -2.40. The lowest BCUT2D eigenvalue weighted by Crippen LogP contribution is -2.51. The van der Waals surface area contributed by atoms with Crippen molar-refractivity contribution < 1.29 is 35.1 Å². The molecule has 11 nitrogen and oxygen atoms in total. The Hall–Kier alpha value is -2.48. The van der Waals surface area contributed by atoms with Gasteiger partial charge in [0.05, 0.1) is 24.0 Å². The van der Waals surface area contributed by atoms with E-state index >= 15 is 0 Å². The smallest absolute Gasteiger partial charge is 0.244 e. The molecule has 1 saturated carbocycles. The largest absolute Gasteiger partial charge is 0.394 e. The number of anilines is 2. The van der Waals surface area contributed by atoms with Gasteiger partial charge in [-0.1, -0.05) is 35.3 Å². The second kappa shape index (κ2) is 15.2. The highest BCUT2D eigenvalue weighted by Gasteiger charge is 2.39. The third-order valence-electron chi connectivity index (χ3n) is 9.36. The molecule has 3 aliphatic rings. The Kier molecular flexibility index (Phi) is 11.5. The van der Waals surface area contributed by atoms with Crippen molar-refractivity contribution >= 4 is 46.4 Å². The van der Waals surface area contributed by atoms with E-state index in [-0.39, 0.29) is 37.2 Å². The maximum absolute atomic E-state index is 14.0. The van der Waals surface area contributed by atoms with Crippen LogP contribution >= 0.6 is 23.2 Å².